The van der Waals surface area contributed by atoms with E-state index in [0.29, 0.717) is 29.1 Å². The molecule has 0 unspecified atom stereocenters. The van der Waals surface area contributed by atoms with Crippen molar-refractivity contribution >= 4 is 50.9 Å². The van der Waals surface area contributed by atoms with Gasteiger partial charge < -0.3 is 27.3 Å². The maximum atomic E-state index is 5.72. The molecular formula is C21H21N9O. The number of ether oxygens (including phenoxy) is 1. The Hall–Kier alpha value is -4.60. The van der Waals surface area contributed by atoms with Gasteiger partial charge in [-0.1, -0.05) is 12.1 Å². The number of pyridine rings is 3. The minimum Gasteiger partial charge on any atom is -0.497 e. The molecule has 5 aromatic rings. The summed E-state index contributed by atoms with van der Waals surface area (Å²) >= 11 is 0. The Morgan fingerprint density at radius 3 is 2.19 bits per heavy atom. The van der Waals surface area contributed by atoms with E-state index in [1.165, 1.54) is 0 Å². The van der Waals surface area contributed by atoms with Gasteiger partial charge in [0.2, 0.25) is 0 Å². The van der Waals surface area contributed by atoms with Crippen molar-refractivity contribution in [1.82, 2.24) is 25.1 Å². The van der Waals surface area contributed by atoms with E-state index in [1.54, 1.807) is 37.6 Å². The molecule has 0 atom stereocenters. The first kappa shape index (κ1) is 19.7. The minimum atomic E-state index is 0.446. The van der Waals surface area contributed by atoms with Crippen molar-refractivity contribution in [3.05, 3.63) is 60.8 Å². The Labute approximate surface area is 177 Å². The predicted octanol–water partition coefficient (Wildman–Crippen LogP) is 3.09. The van der Waals surface area contributed by atoms with Crippen molar-refractivity contribution in [3.8, 4) is 5.75 Å². The van der Waals surface area contributed by atoms with Crippen LogP contribution in [0, 0.1) is 0 Å². The van der Waals surface area contributed by atoms with Gasteiger partial charge in [0, 0.05) is 10.8 Å². The van der Waals surface area contributed by atoms with Gasteiger partial charge in [-0.25, -0.2) is 15.0 Å². The van der Waals surface area contributed by atoms with Crippen LogP contribution in [0.4, 0.5) is 29.1 Å². The standard InChI is InChI=1S/C16H14N6O.C5H7N3/c1-23-9-5-6-12-10(7-9)11-8-18-22-15(11)16(19-12)21-14-4-2-3-13(17)20-14;6-4-2-1-3-5(7)8-4/h2-8H,1H3,(H,18,22)(H3,17,19,20,21);1-3H,(H4,6,7,8). The number of hydrogen-bond donors (Lipinski definition) is 5. The van der Waals surface area contributed by atoms with Crippen molar-refractivity contribution in [1.29, 1.82) is 0 Å². The highest BCUT2D eigenvalue weighted by Crippen LogP contribution is 2.31. The zero-order valence-electron chi connectivity index (χ0n) is 16.7. The molecule has 0 aliphatic heterocycles. The molecule has 10 nitrogen and oxygen atoms in total. The Kier molecular flexibility index (Phi) is 5.35. The van der Waals surface area contributed by atoms with E-state index in [-0.39, 0.29) is 0 Å². The predicted molar refractivity (Wildman–Crippen MR) is 123 cm³/mol. The minimum absolute atomic E-state index is 0.446. The van der Waals surface area contributed by atoms with Crippen LogP contribution in [0.15, 0.2) is 60.8 Å². The van der Waals surface area contributed by atoms with Crippen LogP contribution >= 0.6 is 0 Å². The number of aromatic amines is 1. The van der Waals surface area contributed by atoms with Crippen molar-refractivity contribution in [2.45, 2.75) is 0 Å². The van der Waals surface area contributed by atoms with Crippen LogP contribution in [-0.4, -0.2) is 32.3 Å². The lowest BCUT2D eigenvalue weighted by molar-refractivity contribution is 0.415. The van der Waals surface area contributed by atoms with E-state index in [2.05, 4.69) is 30.5 Å². The molecule has 4 heterocycles. The average Bonchev–Trinajstić information content (AvgIpc) is 3.25. The number of benzene rings is 1. The van der Waals surface area contributed by atoms with Gasteiger partial charge in [0.05, 0.1) is 18.8 Å². The third-order valence-corrected chi connectivity index (χ3v) is 4.41. The number of fused-ring (bicyclic) bond motifs is 3. The molecule has 0 saturated carbocycles. The molecule has 10 heteroatoms. The summed E-state index contributed by atoms with van der Waals surface area (Å²) in [6.07, 6.45) is 1.77. The van der Waals surface area contributed by atoms with E-state index >= 15 is 0 Å². The largest absolute Gasteiger partial charge is 0.497 e. The van der Waals surface area contributed by atoms with Crippen LogP contribution in [-0.2, 0) is 0 Å². The van der Waals surface area contributed by atoms with Crippen LogP contribution in [0.2, 0.25) is 0 Å². The Morgan fingerprint density at radius 2 is 1.55 bits per heavy atom. The number of H-pyrrole nitrogens is 1. The molecule has 0 radical (unpaired) electrons. The van der Waals surface area contributed by atoms with Gasteiger partial charge in [0.25, 0.3) is 0 Å². The number of hydrogen-bond acceptors (Lipinski definition) is 9. The lowest BCUT2D eigenvalue weighted by Gasteiger charge is -2.09. The summed E-state index contributed by atoms with van der Waals surface area (Å²) in [6, 6.07) is 16.3. The zero-order chi connectivity index (χ0) is 21.8. The van der Waals surface area contributed by atoms with E-state index in [9.17, 15) is 0 Å². The zero-order valence-corrected chi connectivity index (χ0v) is 16.7. The second-order valence-corrected chi connectivity index (χ2v) is 6.56. The molecular weight excluding hydrogens is 394 g/mol. The molecule has 31 heavy (non-hydrogen) atoms. The van der Waals surface area contributed by atoms with E-state index in [1.807, 2.05) is 30.3 Å². The van der Waals surface area contributed by atoms with E-state index in [4.69, 9.17) is 21.9 Å². The molecule has 0 saturated heterocycles. The third-order valence-electron chi connectivity index (χ3n) is 4.41. The van der Waals surface area contributed by atoms with E-state index < -0.39 is 0 Å². The van der Waals surface area contributed by atoms with Gasteiger partial charge in [-0.15, -0.1) is 0 Å². The molecule has 5 rings (SSSR count). The van der Waals surface area contributed by atoms with Crippen molar-refractivity contribution < 1.29 is 4.74 Å². The van der Waals surface area contributed by atoms with Gasteiger partial charge >= 0.3 is 0 Å². The van der Waals surface area contributed by atoms with Crippen molar-refractivity contribution in [3.63, 3.8) is 0 Å². The number of nitrogens with two attached hydrogens (primary N) is 3. The van der Waals surface area contributed by atoms with Crippen LogP contribution in [0.1, 0.15) is 0 Å². The van der Waals surface area contributed by atoms with Crippen LogP contribution in [0.3, 0.4) is 0 Å². The van der Waals surface area contributed by atoms with Gasteiger partial charge in [-0.05, 0) is 42.5 Å². The summed E-state index contributed by atoms with van der Waals surface area (Å²) in [7, 11) is 1.64. The Bertz CT molecular complexity index is 1330. The molecule has 0 amide bonds. The number of nitrogens with one attached hydrogen (secondary N) is 2. The normalized spacial score (nSPS) is 10.5. The van der Waals surface area contributed by atoms with Gasteiger partial charge in [-0.2, -0.15) is 5.10 Å². The van der Waals surface area contributed by atoms with Gasteiger partial charge in [-0.3, -0.25) is 5.10 Å². The van der Waals surface area contributed by atoms with Crippen LogP contribution in [0.5, 0.6) is 5.75 Å². The molecule has 0 aliphatic rings. The van der Waals surface area contributed by atoms with E-state index in [0.717, 1.165) is 27.6 Å². The fraction of sp³-hybridized carbons (Fsp3) is 0.0476. The first-order valence-corrected chi connectivity index (χ1v) is 9.32. The summed E-state index contributed by atoms with van der Waals surface area (Å²) in [6.45, 7) is 0. The molecule has 0 spiro atoms. The topological polar surface area (TPSA) is 167 Å². The van der Waals surface area contributed by atoms with Crippen LogP contribution in [0.25, 0.3) is 21.8 Å². The Morgan fingerprint density at radius 1 is 0.839 bits per heavy atom. The molecule has 4 aromatic heterocycles. The first-order valence-electron chi connectivity index (χ1n) is 9.32. The lowest BCUT2D eigenvalue weighted by Crippen LogP contribution is -1.99. The summed E-state index contributed by atoms with van der Waals surface area (Å²) in [4.78, 5) is 12.6. The quantitative estimate of drug-likeness (QED) is 0.297. The average molecular weight is 415 g/mol. The highest BCUT2D eigenvalue weighted by Gasteiger charge is 2.12. The Balaban J connectivity index is 0.000000245. The second-order valence-electron chi connectivity index (χ2n) is 6.56. The highest BCUT2D eigenvalue weighted by atomic mass is 16.5. The fourth-order valence-corrected chi connectivity index (χ4v) is 3.00. The number of nitrogens with zero attached hydrogens (tertiary/aromatic N) is 4. The van der Waals surface area contributed by atoms with Gasteiger partial charge in [0.15, 0.2) is 5.82 Å². The summed E-state index contributed by atoms with van der Waals surface area (Å²) in [5, 5.41) is 12.2. The number of methoxy groups -OCH3 is 1. The number of aromatic nitrogens is 5. The summed E-state index contributed by atoms with van der Waals surface area (Å²) < 4.78 is 5.29. The smallest absolute Gasteiger partial charge is 0.158 e. The third kappa shape index (κ3) is 4.37. The van der Waals surface area contributed by atoms with Gasteiger partial charge in [0.1, 0.15) is 34.5 Å². The maximum absolute atomic E-state index is 5.72. The first-order chi connectivity index (χ1) is 15.0. The monoisotopic (exact) mass is 415 g/mol. The second kappa shape index (κ2) is 8.41. The molecule has 0 bridgehead atoms. The molecule has 1 aromatic carbocycles. The SMILES string of the molecule is COc1ccc2nc(Nc3cccc(N)n3)c3[nH]ncc3c2c1.Nc1cccc(N)n1. The number of nitrogen functional groups attached to an aromatic ring is 3. The molecule has 0 aliphatic carbocycles. The summed E-state index contributed by atoms with van der Waals surface area (Å²) in [5.41, 5.74) is 17.9. The molecule has 156 valence electrons. The summed E-state index contributed by atoms with van der Waals surface area (Å²) in [5.74, 6) is 3.42. The van der Waals surface area contributed by atoms with Crippen molar-refractivity contribution in [2.75, 3.05) is 29.6 Å². The fourth-order valence-electron chi connectivity index (χ4n) is 3.00. The molecule has 8 N–H and O–H groups in total. The number of rotatable bonds is 3. The lowest BCUT2D eigenvalue weighted by atomic mass is 10.1. The molecule has 0 fully saturated rings. The maximum Gasteiger partial charge on any atom is 0.158 e. The highest BCUT2D eigenvalue weighted by molar-refractivity contribution is 6.09. The number of anilines is 5. The van der Waals surface area contributed by atoms with Crippen molar-refractivity contribution in [2.24, 2.45) is 0 Å². The van der Waals surface area contributed by atoms with Crippen LogP contribution < -0.4 is 27.3 Å².